The minimum atomic E-state index is -5.33. The number of sulfone groups is 1. The van der Waals surface area contributed by atoms with Crippen LogP contribution >= 0.6 is 0 Å². The molecule has 0 bridgehead atoms. The molecule has 1 fully saturated rings. The van der Waals surface area contributed by atoms with E-state index in [1.165, 1.54) is 12.1 Å². The number of hydrogen-bond acceptors (Lipinski definition) is 5. The first-order chi connectivity index (χ1) is 11.2. The van der Waals surface area contributed by atoms with Crippen LogP contribution in [0.4, 0.5) is 18.9 Å². The molecule has 2 rings (SSSR count). The summed E-state index contributed by atoms with van der Waals surface area (Å²) in [6, 6.07) is 4.61. The molecule has 0 aromatic heterocycles. The van der Waals surface area contributed by atoms with Crippen LogP contribution in [0.1, 0.15) is 19.8 Å². The number of hydrogen-bond donors (Lipinski definition) is 0. The van der Waals surface area contributed by atoms with Gasteiger partial charge >= 0.3 is 11.5 Å². The number of benzene rings is 1. The maximum atomic E-state index is 12.5. The number of alkyl halides is 3. The Morgan fingerprint density at radius 1 is 1.21 bits per heavy atom. The number of carbonyl (C=O) groups excluding carboxylic acids is 1. The molecule has 1 aromatic rings. The van der Waals surface area contributed by atoms with Gasteiger partial charge in [-0.2, -0.15) is 13.2 Å². The van der Waals surface area contributed by atoms with Gasteiger partial charge in [0.25, 0.3) is 9.84 Å². The van der Waals surface area contributed by atoms with Crippen molar-refractivity contribution in [2.75, 3.05) is 24.6 Å². The summed E-state index contributed by atoms with van der Waals surface area (Å²) in [7, 11) is -5.33. The van der Waals surface area contributed by atoms with Gasteiger partial charge in [0.15, 0.2) is 0 Å². The van der Waals surface area contributed by atoms with E-state index in [0.29, 0.717) is 38.2 Å². The molecule has 1 saturated heterocycles. The van der Waals surface area contributed by atoms with Crippen molar-refractivity contribution in [3.05, 3.63) is 24.3 Å². The summed E-state index contributed by atoms with van der Waals surface area (Å²) in [5.41, 5.74) is -4.69. The van der Waals surface area contributed by atoms with Gasteiger partial charge in [0.1, 0.15) is 0 Å². The van der Waals surface area contributed by atoms with Crippen LogP contribution in [-0.2, 0) is 19.4 Å². The van der Waals surface area contributed by atoms with Gasteiger partial charge in [-0.3, -0.25) is 4.79 Å². The molecular weight excluding hydrogens is 347 g/mol. The molecule has 0 spiro atoms. The molecule has 0 N–H and O–H groups in total. The second-order valence-corrected chi connectivity index (χ2v) is 7.40. The summed E-state index contributed by atoms with van der Waals surface area (Å²) in [6.07, 6.45) is 1.17. The van der Waals surface area contributed by atoms with Crippen molar-refractivity contribution >= 4 is 21.5 Å². The van der Waals surface area contributed by atoms with E-state index in [-0.39, 0.29) is 11.9 Å². The first kappa shape index (κ1) is 18.6. The van der Waals surface area contributed by atoms with Gasteiger partial charge in [-0.15, -0.1) is 0 Å². The summed E-state index contributed by atoms with van der Waals surface area (Å²) in [4.78, 5) is 12.8. The van der Waals surface area contributed by atoms with E-state index in [1.54, 1.807) is 6.92 Å². The Balaban J connectivity index is 2.04. The zero-order valence-corrected chi connectivity index (χ0v) is 13.9. The van der Waals surface area contributed by atoms with Crippen molar-refractivity contribution in [3.8, 4) is 0 Å². The molecule has 9 heteroatoms. The minimum absolute atomic E-state index is 0.175. The molecule has 134 valence electrons. The molecule has 0 aliphatic carbocycles. The van der Waals surface area contributed by atoms with Crippen LogP contribution in [-0.4, -0.2) is 39.6 Å². The molecule has 0 amide bonds. The Kier molecular flexibility index (Phi) is 5.42. The van der Waals surface area contributed by atoms with Crippen molar-refractivity contribution < 1.29 is 31.1 Å². The normalized spacial score (nSPS) is 16.9. The van der Waals surface area contributed by atoms with E-state index >= 15 is 0 Å². The highest BCUT2D eigenvalue weighted by atomic mass is 32.2. The Bertz CT molecular complexity index is 678. The number of ether oxygens (including phenoxy) is 1. The largest absolute Gasteiger partial charge is 0.501 e. The number of esters is 1. The van der Waals surface area contributed by atoms with Crippen molar-refractivity contribution in [3.63, 3.8) is 0 Å². The van der Waals surface area contributed by atoms with Crippen molar-refractivity contribution in [1.82, 2.24) is 0 Å². The molecule has 1 aromatic carbocycles. The molecule has 0 unspecified atom stereocenters. The van der Waals surface area contributed by atoms with Crippen LogP contribution in [0.3, 0.4) is 0 Å². The Hall–Kier alpha value is -1.77. The van der Waals surface area contributed by atoms with E-state index in [2.05, 4.69) is 0 Å². The molecule has 1 aliphatic rings. The van der Waals surface area contributed by atoms with Gasteiger partial charge in [-0.1, -0.05) is 0 Å². The van der Waals surface area contributed by atoms with Gasteiger partial charge in [0.2, 0.25) is 0 Å². The molecule has 1 aliphatic heterocycles. The highest BCUT2D eigenvalue weighted by molar-refractivity contribution is 7.92. The zero-order valence-electron chi connectivity index (χ0n) is 13.0. The van der Waals surface area contributed by atoms with E-state index in [9.17, 15) is 26.4 Å². The molecule has 0 radical (unpaired) electrons. The van der Waals surface area contributed by atoms with Gasteiger partial charge in [-0.25, -0.2) is 8.42 Å². The lowest BCUT2D eigenvalue weighted by Gasteiger charge is -2.32. The molecular formula is C15H18F3NO4S. The second kappa shape index (κ2) is 7.00. The van der Waals surface area contributed by atoms with E-state index < -0.39 is 20.2 Å². The average Bonchev–Trinajstić information content (AvgIpc) is 2.54. The summed E-state index contributed by atoms with van der Waals surface area (Å²) in [5, 5.41) is 0. The van der Waals surface area contributed by atoms with Crippen molar-refractivity contribution in [2.24, 2.45) is 5.92 Å². The summed E-state index contributed by atoms with van der Waals surface area (Å²) in [5.74, 6) is -0.408. The van der Waals surface area contributed by atoms with Crippen molar-refractivity contribution in [1.29, 1.82) is 0 Å². The second-order valence-electron chi connectivity index (χ2n) is 5.46. The van der Waals surface area contributed by atoms with Gasteiger partial charge < -0.3 is 9.64 Å². The predicted molar refractivity (Wildman–Crippen MR) is 81.3 cm³/mol. The van der Waals surface area contributed by atoms with Crippen LogP contribution in [0.5, 0.6) is 0 Å². The topological polar surface area (TPSA) is 63.7 Å². The molecule has 1 heterocycles. The quantitative estimate of drug-likeness (QED) is 0.768. The van der Waals surface area contributed by atoms with E-state index in [1.807, 2.05) is 4.90 Å². The fourth-order valence-corrected chi connectivity index (χ4v) is 3.36. The number of rotatable bonds is 4. The van der Waals surface area contributed by atoms with E-state index in [4.69, 9.17) is 4.74 Å². The third kappa shape index (κ3) is 3.82. The fourth-order valence-electron chi connectivity index (χ4n) is 2.60. The Labute approximate surface area is 138 Å². The summed E-state index contributed by atoms with van der Waals surface area (Å²) in [6.45, 7) is 3.17. The van der Waals surface area contributed by atoms with Crippen LogP contribution in [0.15, 0.2) is 29.2 Å². The SMILES string of the molecule is CCOC(=O)C1CCN(c2ccc(S(=O)(=O)C(F)(F)F)cc2)CC1. The highest BCUT2D eigenvalue weighted by Crippen LogP contribution is 2.32. The maximum Gasteiger partial charge on any atom is 0.501 e. The number of carbonyl (C=O) groups is 1. The lowest BCUT2D eigenvalue weighted by molar-refractivity contribution is -0.148. The maximum absolute atomic E-state index is 12.5. The summed E-state index contributed by atoms with van der Waals surface area (Å²) >= 11 is 0. The minimum Gasteiger partial charge on any atom is -0.466 e. The average molecular weight is 365 g/mol. The zero-order chi connectivity index (χ0) is 18.0. The van der Waals surface area contributed by atoms with Crippen LogP contribution in [0.25, 0.3) is 0 Å². The van der Waals surface area contributed by atoms with Gasteiger partial charge in [0.05, 0.1) is 17.4 Å². The van der Waals surface area contributed by atoms with Gasteiger partial charge in [-0.05, 0) is 44.0 Å². The third-order valence-corrected chi connectivity index (χ3v) is 5.43. The smallest absolute Gasteiger partial charge is 0.466 e. The first-order valence-electron chi connectivity index (χ1n) is 7.50. The molecule has 24 heavy (non-hydrogen) atoms. The molecule has 5 nitrogen and oxygen atoms in total. The Morgan fingerprint density at radius 2 is 1.75 bits per heavy atom. The number of piperidine rings is 1. The van der Waals surface area contributed by atoms with Crippen molar-refractivity contribution in [2.45, 2.75) is 30.2 Å². The lowest BCUT2D eigenvalue weighted by atomic mass is 9.96. The lowest BCUT2D eigenvalue weighted by Crippen LogP contribution is -2.37. The fraction of sp³-hybridized carbons (Fsp3) is 0.533. The number of nitrogens with zero attached hydrogens (tertiary/aromatic N) is 1. The van der Waals surface area contributed by atoms with Crippen LogP contribution < -0.4 is 4.90 Å². The van der Waals surface area contributed by atoms with Crippen LogP contribution in [0, 0.1) is 5.92 Å². The highest BCUT2D eigenvalue weighted by Gasteiger charge is 2.46. The number of halogens is 3. The first-order valence-corrected chi connectivity index (χ1v) is 8.98. The standard InChI is InChI=1S/C15H18F3NO4S/c1-2-23-14(20)11-7-9-19(10-8-11)12-3-5-13(6-4-12)24(21,22)15(16,17)18/h3-6,11H,2,7-10H2,1H3. The van der Waals surface area contributed by atoms with Crippen LogP contribution in [0.2, 0.25) is 0 Å². The molecule has 0 atom stereocenters. The summed E-state index contributed by atoms with van der Waals surface area (Å²) < 4.78 is 65.2. The van der Waals surface area contributed by atoms with Gasteiger partial charge in [0, 0.05) is 18.8 Å². The predicted octanol–water partition coefficient (Wildman–Crippen LogP) is 2.76. The number of anilines is 1. The monoisotopic (exact) mass is 365 g/mol. The molecule has 0 saturated carbocycles. The van der Waals surface area contributed by atoms with E-state index in [0.717, 1.165) is 12.1 Å². The third-order valence-electron chi connectivity index (χ3n) is 3.93. The Morgan fingerprint density at radius 3 is 2.21 bits per heavy atom.